The van der Waals surface area contributed by atoms with E-state index in [1.807, 2.05) is 19.0 Å². The maximum Gasteiger partial charge on any atom is 0.246 e. The van der Waals surface area contributed by atoms with Crippen molar-refractivity contribution in [2.45, 2.75) is 36.7 Å². The second-order valence-corrected chi connectivity index (χ2v) is 7.65. The molecule has 0 amide bonds. The summed E-state index contributed by atoms with van der Waals surface area (Å²) >= 11 is 0. The highest BCUT2D eigenvalue weighted by molar-refractivity contribution is 7.89. The van der Waals surface area contributed by atoms with E-state index >= 15 is 0 Å². The van der Waals surface area contributed by atoms with Crippen molar-refractivity contribution in [3.8, 4) is 0 Å². The third kappa shape index (κ3) is 3.82. The van der Waals surface area contributed by atoms with Crippen molar-refractivity contribution in [1.82, 2.24) is 19.0 Å². The Morgan fingerprint density at radius 2 is 2.24 bits per heavy atom. The highest BCUT2D eigenvalue weighted by Gasteiger charge is 2.36. The summed E-state index contributed by atoms with van der Waals surface area (Å²) in [5, 5.41) is 4.12. The van der Waals surface area contributed by atoms with Crippen molar-refractivity contribution < 1.29 is 8.42 Å². The van der Waals surface area contributed by atoms with Crippen LogP contribution in [0.1, 0.15) is 19.3 Å². The van der Waals surface area contributed by atoms with E-state index in [0.717, 1.165) is 25.8 Å². The monoisotopic (exact) mass is 315 g/mol. The smallest absolute Gasteiger partial charge is 0.246 e. The maximum atomic E-state index is 12.7. The molecule has 1 aliphatic rings. The van der Waals surface area contributed by atoms with Crippen LogP contribution in [0.3, 0.4) is 0 Å². The molecule has 8 heteroatoms. The Balaban J connectivity index is 2.15. The van der Waals surface area contributed by atoms with Gasteiger partial charge in [0.05, 0.1) is 6.20 Å². The average molecular weight is 315 g/mol. The summed E-state index contributed by atoms with van der Waals surface area (Å²) in [6.07, 6.45) is 5.67. The Morgan fingerprint density at radius 3 is 2.90 bits per heavy atom. The minimum atomic E-state index is -3.45. The Bertz CT molecular complexity index is 555. The molecule has 0 aliphatic carbocycles. The lowest BCUT2D eigenvalue weighted by Crippen LogP contribution is -2.41. The third-order valence-electron chi connectivity index (χ3n) is 3.71. The third-order valence-corrected chi connectivity index (χ3v) is 5.61. The second kappa shape index (κ2) is 6.87. The molecule has 2 heterocycles. The summed E-state index contributed by atoms with van der Waals surface area (Å²) in [4.78, 5) is 2.31. The molecule has 0 saturated carbocycles. The van der Waals surface area contributed by atoms with Gasteiger partial charge in [-0.1, -0.05) is 0 Å². The number of aryl methyl sites for hydroxylation is 1. The van der Waals surface area contributed by atoms with Crippen LogP contribution in [0.4, 0.5) is 0 Å². The number of aromatic nitrogens is 2. The second-order valence-electron chi connectivity index (χ2n) is 5.76. The van der Waals surface area contributed by atoms with Gasteiger partial charge >= 0.3 is 0 Å². The lowest BCUT2D eigenvalue weighted by atomic mass is 10.2. The minimum Gasteiger partial charge on any atom is -0.330 e. The molecule has 0 radical (unpaired) electrons. The van der Waals surface area contributed by atoms with Gasteiger partial charge in [-0.2, -0.15) is 9.40 Å². The molecule has 0 bridgehead atoms. The van der Waals surface area contributed by atoms with Crippen molar-refractivity contribution in [2.75, 3.05) is 33.7 Å². The van der Waals surface area contributed by atoms with E-state index in [1.165, 1.54) is 6.20 Å². The summed E-state index contributed by atoms with van der Waals surface area (Å²) in [7, 11) is 0.487. The van der Waals surface area contributed by atoms with E-state index in [4.69, 9.17) is 5.73 Å². The predicted octanol–water partition coefficient (Wildman–Crippen LogP) is -0.0534. The molecule has 21 heavy (non-hydrogen) atoms. The summed E-state index contributed by atoms with van der Waals surface area (Å²) in [5.41, 5.74) is 5.46. The SMILES string of the molecule is CN(C)CC1CCCN1S(=O)(=O)c1cnn(CCCN)c1. The van der Waals surface area contributed by atoms with Gasteiger partial charge in [0.25, 0.3) is 0 Å². The van der Waals surface area contributed by atoms with Crippen molar-refractivity contribution in [1.29, 1.82) is 0 Å². The molecule has 1 atom stereocenters. The van der Waals surface area contributed by atoms with Crippen LogP contribution in [0.15, 0.2) is 17.3 Å². The maximum absolute atomic E-state index is 12.7. The number of nitrogens with two attached hydrogens (primary N) is 1. The molecule has 2 N–H and O–H groups in total. The summed E-state index contributed by atoms with van der Waals surface area (Å²) in [6, 6.07) is 0.0531. The highest BCUT2D eigenvalue weighted by Crippen LogP contribution is 2.26. The Hall–Kier alpha value is -0.960. The first-order valence-electron chi connectivity index (χ1n) is 7.34. The molecule has 2 rings (SSSR count). The number of hydrogen-bond donors (Lipinski definition) is 1. The van der Waals surface area contributed by atoms with Crippen molar-refractivity contribution in [3.63, 3.8) is 0 Å². The molecule has 1 fully saturated rings. The van der Waals surface area contributed by atoms with Crippen molar-refractivity contribution in [3.05, 3.63) is 12.4 Å². The van der Waals surface area contributed by atoms with Crippen LogP contribution in [0.2, 0.25) is 0 Å². The normalized spacial score (nSPS) is 20.5. The highest BCUT2D eigenvalue weighted by atomic mass is 32.2. The summed E-state index contributed by atoms with van der Waals surface area (Å²) in [6.45, 7) is 2.56. The van der Waals surface area contributed by atoms with Gasteiger partial charge in [0.1, 0.15) is 4.90 Å². The number of nitrogens with zero attached hydrogens (tertiary/aromatic N) is 4. The first kappa shape index (κ1) is 16.4. The van der Waals surface area contributed by atoms with Gasteiger partial charge in [0, 0.05) is 31.9 Å². The molecule has 120 valence electrons. The molecular formula is C13H25N5O2S. The number of hydrogen-bond acceptors (Lipinski definition) is 5. The molecule has 0 spiro atoms. The molecule has 1 aliphatic heterocycles. The van der Waals surface area contributed by atoms with Gasteiger partial charge in [-0.3, -0.25) is 4.68 Å². The van der Waals surface area contributed by atoms with Crippen LogP contribution in [0.5, 0.6) is 0 Å². The van der Waals surface area contributed by atoms with E-state index in [-0.39, 0.29) is 10.9 Å². The summed E-state index contributed by atoms with van der Waals surface area (Å²) < 4.78 is 28.8. The predicted molar refractivity (Wildman–Crippen MR) is 81.4 cm³/mol. The Labute approximate surface area is 126 Å². The molecule has 1 unspecified atom stereocenters. The molecule has 1 aromatic heterocycles. The molecule has 0 aromatic carbocycles. The summed E-state index contributed by atoms with van der Waals surface area (Å²) in [5.74, 6) is 0. The van der Waals surface area contributed by atoms with Crippen LogP contribution in [0.25, 0.3) is 0 Å². The van der Waals surface area contributed by atoms with Gasteiger partial charge in [-0.15, -0.1) is 0 Å². The first-order chi connectivity index (χ1) is 9.95. The largest absolute Gasteiger partial charge is 0.330 e. The van der Waals surface area contributed by atoms with Gasteiger partial charge in [-0.05, 0) is 39.9 Å². The first-order valence-corrected chi connectivity index (χ1v) is 8.78. The van der Waals surface area contributed by atoms with E-state index in [9.17, 15) is 8.42 Å². The van der Waals surface area contributed by atoms with Crippen LogP contribution in [0, 0.1) is 0 Å². The molecule has 1 aromatic rings. The van der Waals surface area contributed by atoms with Gasteiger partial charge in [-0.25, -0.2) is 8.42 Å². The minimum absolute atomic E-state index is 0.0531. The van der Waals surface area contributed by atoms with E-state index in [1.54, 1.807) is 15.2 Å². The van der Waals surface area contributed by atoms with Gasteiger partial charge < -0.3 is 10.6 Å². The van der Waals surface area contributed by atoms with Crippen LogP contribution < -0.4 is 5.73 Å². The zero-order valence-corrected chi connectivity index (χ0v) is 13.6. The quantitative estimate of drug-likeness (QED) is 0.762. The fourth-order valence-corrected chi connectivity index (χ4v) is 4.36. The number of sulfonamides is 1. The zero-order chi connectivity index (χ0) is 15.5. The topological polar surface area (TPSA) is 84.5 Å². The fourth-order valence-electron chi connectivity index (χ4n) is 2.72. The van der Waals surface area contributed by atoms with Crippen molar-refractivity contribution >= 4 is 10.0 Å². The molecular weight excluding hydrogens is 290 g/mol. The number of rotatable bonds is 7. The van der Waals surface area contributed by atoms with E-state index in [0.29, 0.717) is 19.6 Å². The standard InChI is InChI=1S/C13H25N5O2S/c1-16(2)10-12-5-3-8-18(12)21(19,20)13-9-15-17(11-13)7-4-6-14/h9,11-12H,3-8,10,14H2,1-2H3. The van der Waals surface area contributed by atoms with E-state index < -0.39 is 10.0 Å². The lowest BCUT2D eigenvalue weighted by Gasteiger charge is -2.25. The fraction of sp³-hybridized carbons (Fsp3) is 0.769. The molecule has 7 nitrogen and oxygen atoms in total. The van der Waals surface area contributed by atoms with Crippen molar-refractivity contribution in [2.24, 2.45) is 5.73 Å². The Kier molecular flexibility index (Phi) is 5.37. The average Bonchev–Trinajstić information content (AvgIpc) is 3.04. The zero-order valence-electron chi connectivity index (χ0n) is 12.8. The van der Waals surface area contributed by atoms with E-state index in [2.05, 4.69) is 5.10 Å². The molecule has 1 saturated heterocycles. The number of likely N-dealkylation sites (N-methyl/N-ethyl adjacent to an activating group) is 1. The lowest BCUT2D eigenvalue weighted by molar-refractivity contribution is 0.291. The van der Waals surface area contributed by atoms with Crippen LogP contribution in [-0.2, 0) is 16.6 Å². The van der Waals surface area contributed by atoms with Crippen LogP contribution in [-0.4, -0.2) is 67.2 Å². The van der Waals surface area contributed by atoms with Crippen LogP contribution >= 0.6 is 0 Å². The van der Waals surface area contributed by atoms with Gasteiger partial charge in [0.2, 0.25) is 10.0 Å². The Morgan fingerprint density at radius 1 is 1.48 bits per heavy atom. The van der Waals surface area contributed by atoms with Gasteiger partial charge in [0.15, 0.2) is 0 Å².